The first-order valence-electron chi connectivity index (χ1n) is 6.12. The van der Waals surface area contributed by atoms with Crippen LogP contribution in [0.4, 0.5) is 0 Å². The van der Waals surface area contributed by atoms with Crippen LogP contribution >= 0.6 is 0 Å². The van der Waals surface area contributed by atoms with Crippen molar-refractivity contribution in [2.45, 2.75) is 39.1 Å². The maximum absolute atomic E-state index is 12.5. The van der Waals surface area contributed by atoms with E-state index in [4.69, 9.17) is 10.2 Å². The van der Waals surface area contributed by atoms with Crippen molar-refractivity contribution in [2.24, 2.45) is 11.7 Å². The number of aryl methyl sites for hydroxylation is 1. The summed E-state index contributed by atoms with van der Waals surface area (Å²) in [5.74, 6) is 1.17. The van der Waals surface area contributed by atoms with Crippen LogP contribution in [-0.2, 0) is 16.6 Å². The first-order chi connectivity index (χ1) is 8.32. The second kappa shape index (κ2) is 5.86. The Kier molecular flexibility index (Phi) is 4.95. The van der Waals surface area contributed by atoms with Crippen molar-refractivity contribution in [1.82, 2.24) is 4.31 Å². The molecule has 0 aliphatic heterocycles. The second-order valence-electron chi connectivity index (χ2n) is 4.69. The molecule has 0 aromatic carbocycles. The Morgan fingerprint density at radius 2 is 2.06 bits per heavy atom. The van der Waals surface area contributed by atoms with E-state index in [1.165, 1.54) is 10.4 Å². The third-order valence-corrected chi connectivity index (χ3v) is 4.71. The molecule has 0 fully saturated rings. The van der Waals surface area contributed by atoms with Crippen molar-refractivity contribution in [3.63, 3.8) is 0 Å². The maximum atomic E-state index is 12.5. The Bertz CT molecular complexity index is 491. The zero-order valence-electron chi connectivity index (χ0n) is 11.4. The molecular formula is C12H22N2O3S. The fourth-order valence-electron chi connectivity index (χ4n) is 1.82. The highest BCUT2D eigenvalue weighted by Crippen LogP contribution is 2.24. The van der Waals surface area contributed by atoms with Gasteiger partial charge in [0.15, 0.2) is 0 Å². The minimum atomic E-state index is -3.48. The fraction of sp³-hybridized carbons (Fsp3) is 0.667. The molecular weight excluding hydrogens is 252 g/mol. The lowest BCUT2D eigenvalue weighted by Gasteiger charge is -2.21. The average Bonchev–Trinajstić information content (AvgIpc) is 2.67. The lowest BCUT2D eigenvalue weighted by Crippen LogP contribution is -2.34. The van der Waals surface area contributed by atoms with Gasteiger partial charge in [-0.15, -0.1) is 0 Å². The summed E-state index contributed by atoms with van der Waals surface area (Å²) in [6, 6.07) is 1.52. The van der Waals surface area contributed by atoms with Gasteiger partial charge in [-0.25, -0.2) is 8.42 Å². The maximum Gasteiger partial charge on any atom is 0.246 e. The molecule has 6 heteroatoms. The van der Waals surface area contributed by atoms with E-state index in [2.05, 4.69) is 0 Å². The molecule has 0 saturated carbocycles. The molecule has 5 nitrogen and oxygen atoms in total. The second-order valence-corrected chi connectivity index (χ2v) is 6.59. The van der Waals surface area contributed by atoms with E-state index in [0.29, 0.717) is 24.6 Å². The SMILES string of the molecule is CCN(CC(C)C)S(=O)(=O)c1cc(CN)oc1C. The molecule has 0 atom stereocenters. The van der Waals surface area contributed by atoms with Crippen LogP contribution in [-0.4, -0.2) is 25.8 Å². The summed E-state index contributed by atoms with van der Waals surface area (Å²) in [5.41, 5.74) is 5.46. The zero-order valence-corrected chi connectivity index (χ0v) is 12.3. The van der Waals surface area contributed by atoms with Crippen molar-refractivity contribution in [1.29, 1.82) is 0 Å². The summed E-state index contributed by atoms with van der Waals surface area (Å²) in [4.78, 5) is 0.227. The minimum absolute atomic E-state index is 0.201. The van der Waals surface area contributed by atoms with E-state index in [0.717, 1.165) is 0 Å². The highest BCUT2D eigenvalue weighted by molar-refractivity contribution is 7.89. The summed E-state index contributed by atoms with van der Waals surface area (Å²) in [7, 11) is -3.48. The monoisotopic (exact) mass is 274 g/mol. The van der Waals surface area contributed by atoms with Crippen molar-refractivity contribution < 1.29 is 12.8 Å². The van der Waals surface area contributed by atoms with Crippen LogP contribution in [0.1, 0.15) is 32.3 Å². The van der Waals surface area contributed by atoms with Gasteiger partial charge in [0.05, 0.1) is 6.54 Å². The van der Waals surface area contributed by atoms with Crippen LogP contribution in [0.25, 0.3) is 0 Å². The molecule has 0 saturated heterocycles. The predicted octanol–water partition coefficient (Wildman–Crippen LogP) is 1.71. The van der Waals surface area contributed by atoms with E-state index < -0.39 is 10.0 Å². The molecule has 0 spiro atoms. The van der Waals surface area contributed by atoms with Gasteiger partial charge in [0.1, 0.15) is 16.4 Å². The Morgan fingerprint density at radius 3 is 2.44 bits per heavy atom. The summed E-state index contributed by atoms with van der Waals surface area (Å²) in [5, 5.41) is 0. The molecule has 0 bridgehead atoms. The van der Waals surface area contributed by atoms with Gasteiger partial charge >= 0.3 is 0 Å². The van der Waals surface area contributed by atoms with Crippen LogP contribution in [0.3, 0.4) is 0 Å². The Labute approximate surface area is 109 Å². The van der Waals surface area contributed by atoms with Gasteiger partial charge in [-0.3, -0.25) is 0 Å². The Balaban J connectivity index is 3.14. The van der Waals surface area contributed by atoms with E-state index in [1.54, 1.807) is 6.92 Å². The summed E-state index contributed by atoms with van der Waals surface area (Å²) >= 11 is 0. The molecule has 1 rings (SSSR count). The van der Waals surface area contributed by atoms with E-state index in [9.17, 15) is 8.42 Å². The van der Waals surface area contributed by atoms with Gasteiger partial charge in [-0.1, -0.05) is 20.8 Å². The smallest absolute Gasteiger partial charge is 0.246 e. The molecule has 104 valence electrons. The van der Waals surface area contributed by atoms with Crippen LogP contribution in [0, 0.1) is 12.8 Å². The molecule has 1 aromatic rings. The number of sulfonamides is 1. The number of rotatable bonds is 6. The highest BCUT2D eigenvalue weighted by Gasteiger charge is 2.27. The van der Waals surface area contributed by atoms with Crippen molar-refractivity contribution in [3.8, 4) is 0 Å². The molecule has 0 radical (unpaired) electrons. The first-order valence-corrected chi connectivity index (χ1v) is 7.56. The molecule has 18 heavy (non-hydrogen) atoms. The molecule has 1 aromatic heterocycles. The molecule has 2 N–H and O–H groups in total. The zero-order chi connectivity index (χ0) is 13.9. The van der Waals surface area contributed by atoms with Gasteiger partial charge in [-0.2, -0.15) is 4.31 Å². The van der Waals surface area contributed by atoms with Crippen LogP contribution < -0.4 is 5.73 Å². The van der Waals surface area contributed by atoms with Gasteiger partial charge in [-0.05, 0) is 12.8 Å². The standard InChI is InChI=1S/C12H22N2O3S/c1-5-14(8-9(2)3)18(15,16)12-6-11(7-13)17-10(12)4/h6,9H,5,7-8,13H2,1-4H3. The van der Waals surface area contributed by atoms with Gasteiger partial charge in [0.25, 0.3) is 0 Å². The third-order valence-electron chi connectivity index (χ3n) is 2.66. The molecule has 0 amide bonds. The summed E-state index contributed by atoms with van der Waals surface area (Å²) in [6.07, 6.45) is 0. The van der Waals surface area contributed by atoms with E-state index in [-0.39, 0.29) is 17.4 Å². The van der Waals surface area contributed by atoms with Gasteiger partial charge in [0.2, 0.25) is 10.0 Å². The van der Waals surface area contributed by atoms with Gasteiger partial charge < -0.3 is 10.2 Å². The molecule has 0 aliphatic rings. The van der Waals surface area contributed by atoms with Crippen LogP contribution in [0.2, 0.25) is 0 Å². The van der Waals surface area contributed by atoms with Crippen molar-refractivity contribution >= 4 is 10.0 Å². The third kappa shape index (κ3) is 3.13. The average molecular weight is 274 g/mol. The van der Waals surface area contributed by atoms with Crippen LogP contribution in [0.15, 0.2) is 15.4 Å². The number of nitrogens with two attached hydrogens (primary N) is 1. The number of hydrogen-bond acceptors (Lipinski definition) is 4. The predicted molar refractivity (Wildman–Crippen MR) is 70.6 cm³/mol. The normalized spacial score (nSPS) is 12.6. The number of hydrogen-bond donors (Lipinski definition) is 1. The van der Waals surface area contributed by atoms with Gasteiger partial charge in [0, 0.05) is 19.2 Å². The molecule has 1 heterocycles. The van der Waals surface area contributed by atoms with E-state index >= 15 is 0 Å². The lowest BCUT2D eigenvalue weighted by atomic mass is 10.2. The Morgan fingerprint density at radius 1 is 1.44 bits per heavy atom. The number of furan rings is 1. The molecule has 0 unspecified atom stereocenters. The highest BCUT2D eigenvalue weighted by atomic mass is 32.2. The first kappa shape index (κ1) is 15.2. The fourth-order valence-corrected chi connectivity index (χ4v) is 3.62. The largest absolute Gasteiger partial charge is 0.464 e. The van der Waals surface area contributed by atoms with Crippen LogP contribution in [0.5, 0.6) is 0 Å². The lowest BCUT2D eigenvalue weighted by molar-refractivity contribution is 0.379. The quantitative estimate of drug-likeness (QED) is 0.856. The van der Waals surface area contributed by atoms with Crippen molar-refractivity contribution in [2.75, 3.05) is 13.1 Å². The topological polar surface area (TPSA) is 76.5 Å². The number of nitrogens with zero attached hydrogens (tertiary/aromatic N) is 1. The minimum Gasteiger partial charge on any atom is -0.464 e. The molecule has 0 aliphatic carbocycles. The summed E-state index contributed by atoms with van der Waals surface area (Å²) < 4.78 is 31.7. The van der Waals surface area contributed by atoms with E-state index in [1.807, 2.05) is 20.8 Å². The summed E-state index contributed by atoms with van der Waals surface area (Å²) in [6.45, 7) is 8.61. The van der Waals surface area contributed by atoms with Crippen molar-refractivity contribution in [3.05, 3.63) is 17.6 Å². The Hall–Kier alpha value is -0.850.